The van der Waals surface area contributed by atoms with Crippen LogP contribution < -0.4 is 16.1 Å². The van der Waals surface area contributed by atoms with Crippen molar-refractivity contribution < 1.29 is 0 Å². The summed E-state index contributed by atoms with van der Waals surface area (Å²) >= 11 is 0. The van der Waals surface area contributed by atoms with E-state index in [1.807, 2.05) is 0 Å². The summed E-state index contributed by atoms with van der Waals surface area (Å²) in [6.45, 7) is 12.9. The SMILES string of the molecule is C=CCN1NC(C2CCC(C(C)(C)C#N)CC2)C2C3CC(C4CCCNC4)CCC3NCC21. The number of fused-ring (bicyclic) bond motifs is 3. The zero-order valence-corrected chi connectivity index (χ0v) is 21.1. The van der Waals surface area contributed by atoms with Gasteiger partial charge in [0.05, 0.1) is 11.5 Å². The highest BCUT2D eigenvalue weighted by Crippen LogP contribution is 2.49. The summed E-state index contributed by atoms with van der Waals surface area (Å²) in [5, 5.41) is 19.9. The predicted molar refractivity (Wildman–Crippen MR) is 134 cm³/mol. The van der Waals surface area contributed by atoms with Gasteiger partial charge in [0, 0.05) is 31.2 Å². The molecule has 0 spiro atoms. The molecule has 0 radical (unpaired) electrons. The maximum Gasteiger partial charge on any atom is 0.0686 e. The molecule has 33 heavy (non-hydrogen) atoms. The van der Waals surface area contributed by atoms with Gasteiger partial charge in [-0.25, -0.2) is 5.01 Å². The Morgan fingerprint density at radius 1 is 1.03 bits per heavy atom. The third-order valence-corrected chi connectivity index (χ3v) is 10.5. The number of hydrogen-bond acceptors (Lipinski definition) is 5. The quantitative estimate of drug-likeness (QED) is 0.547. The lowest BCUT2D eigenvalue weighted by atomic mass is 9.60. The molecule has 3 heterocycles. The van der Waals surface area contributed by atoms with E-state index in [1.165, 1.54) is 70.9 Å². The second-order valence-corrected chi connectivity index (χ2v) is 12.5. The largest absolute Gasteiger partial charge is 0.316 e. The van der Waals surface area contributed by atoms with Crippen molar-refractivity contribution >= 4 is 0 Å². The molecule has 0 bridgehead atoms. The van der Waals surface area contributed by atoms with Crippen LogP contribution in [-0.4, -0.2) is 49.3 Å². The first-order valence-corrected chi connectivity index (χ1v) is 14.0. The van der Waals surface area contributed by atoms with E-state index in [-0.39, 0.29) is 5.41 Å². The minimum absolute atomic E-state index is 0.185. The van der Waals surface area contributed by atoms with Gasteiger partial charge in [-0.3, -0.25) is 5.43 Å². The van der Waals surface area contributed by atoms with Gasteiger partial charge in [0.1, 0.15) is 0 Å². The van der Waals surface area contributed by atoms with Crippen molar-refractivity contribution in [2.75, 3.05) is 26.2 Å². The average molecular weight is 454 g/mol. The molecular formula is C28H47N5. The molecule has 2 saturated carbocycles. The third kappa shape index (κ3) is 4.66. The van der Waals surface area contributed by atoms with Gasteiger partial charge in [-0.15, -0.1) is 6.58 Å². The summed E-state index contributed by atoms with van der Waals surface area (Å²) < 4.78 is 0. The molecule has 5 fully saturated rings. The van der Waals surface area contributed by atoms with E-state index in [1.54, 1.807) is 0 Å². The topological polar surface area (TPSA) is 63.1 Å². The van der Waals surface area contributed by atoms with Gasteiger partial charge in [-0.2, -0.15) is 5.26 Å². The van der Waals surface area contributed by atoms with Crippen LogP contribution in [-0.2, 0) is 0 Å². The van der Waals surface area contributed by atoms with E-state index >= 15 is 0 Å². The van der Waals surface area contributed by atoms with Crippen LogP contribution in [0.3, 0.4) is 0 Å². The number of hydrogen-bond donors (Lipinski definition) is 3. The fourth-order valence-corrected chi connectivity index (χ4v) is 8.56. The highest BCUT2D eigenvalue weighted by atomic mass is 15.6. The monoisotopic (exact) mass is 453 g/mol. The molecule has 0 amide bonds. The van der Waals surface area contributed by atoms with E-state index in [2.05, 4.69) is 53.6 Å². The normalized spacial score (nSPS) is 44.5. The van der Waals surface area contributed by atoms with Gasteiger partial charge < -0.3 is 10.6 Å². The lowest BCUT2D eigenvalue weighted by molar-refractivity contribution is 0.0371. The van der Waals surface area contributed by atoms with Gasteiger partial charge in [0.2, 0.25) is 0 Å². The lowest BCUT2D eigenvalue weighted by Gasteiger charge is -2.50. The second-order valence-electron chi connectivity index (χ2n) is 12.5. The average Bonchev–Trinajstić information content (AvgIpc) is 3.23. The molecule has 3 N–H and O–H groups in total. The Morgan fingerprint density at radius 3 is 2.52 bits per heavy atom. The van der Waals surface area contributed by atoms with Crippen LogP contribution >= 0.6 is 0 Å². The zero-order valence-electron chi connectivity index (χ0n) is 21.1. The van der Waals surface area contributed by atoms with E-state index in [0.717, 1.165) is 42.7 Å². The van der Waals surface area contributed by atoms with E-state index in [0.29, 0.717) is 24.0 Å². The van der Waals surface area contributed by atoms with Crippen LogP contribution in [0, 0.1) is 52.3 Å². The predicted octanol–water partition coefficient (Wildman–Crippen LogP) is 4.09. The Kier molecular flexibility index (Phi) is 7.19. The summed E-state index contributed by atoms with van der Waals surface area (Å²) in [5.74, 6) is 4.64. The summed E-state index contributed by atoms with van der Waals surface area (Å²) in [4.78, 5) is 0. The van der Waals surface area contributed by atoms with Crippen LogP contribution in [0.25, 0.3) is 0 Å². The fourth-order valence-electron chi connectivity index (χ4n) is 8.56. The molecule has 3 aliphatic heterocycles. The third-order valence-electron chi connectivity index (χ3n) is 10.5. The van der Waals surface area contributed by atoms with Crippen molar-refractivity contribution in [3.8, 4) is 6.07 Å². The van der Waals surface area contributed by atoms with E-state index in [9.17, 15) is 5.26 Å². The minimum Gasteiger partial charge on any atom is -0.316 e. The number of nitriles is 1. The van der Waals surface area contributed by atoms with Gasteiger partial charge in [-0.1, -0.05) is 6.08 Å². The summed E-state index contributed by atoms with van der Waals surface area (Å²) in [6, 6.07) is 4.48. The molecule has 0 aromatic carbocycles. The minimum atomic E-state index is -0.185. The highest BCUT2D eigenvalue weighted by molar-refractivity contribution is 5.09. The van der Waals surface area contributed by atoms with Crippen molar-refractivity contribution in [3.05, 3.63) is 12.7 Å². The fraction of sp³-hybridized carbons (Fsp3) is 0.893. The molecule has 184 valence electrons. The number of hydrazine groups is 1. The maximum atomic E-state index is 9.64. The molecule has 0 aromatic heterocycles. The molecule has 5 rings (SSSR count). The Balaban J connectivity index is 1.32. The Bertz CT molecular complexity index is 714. The Labute approximate surface area is 202 Å². The first kappa shape index (κ1) is 23.8. The highest BCUT2D eigenvalue weighted by Gasteiger charge is 2.54. The summed E-state index contributed by atoms with van der Waals surface area (Å²) in [5.41, 5.74) is 3.86. The molecular weight excluding hydrogens is 406 g/mol. The number of nitrogens with one attached hydrogen (secondary N) is 3. The summed E-state index contributed by atoms with van der Waals surface area (Å²) in [7, 11) is 0. The first-order chi connectivity index (χ1) is 16.0. The molecule has 5 heteroatoms. The van der Waals surface area contributed by atoms with Gasteiger partial charge in [0.25, 0.3) is 0 Å². The Hall–Kier alpha value is -0.930. The van der Waals surface area contributed by atoms with Crippen LogP contribution in [0.15, 0.2) is 12.7 Å². The van der Waals surface area contributed by atoms with Crippen molar-refractivity contribution in [2.24, 2.45) is 40.9 Å². The molecule has 7 unspecified atom stereocenters. The van der Waals surface area contributed by atoms with Crippen molar-refractivity contribution in [2.45, 2.75) is 89.8 Å². The molecule has 5 nitrogen and oxygen atoms in total. The number of nitrogens with zero attached hydrogens (tertiary/aromatic N) is 2. The van der Waals surface area contributed by atoms with Crippen LogP contribution in [0.1, 0.15) is 71.6 Å². The lowest BCUT2D eigenvalue weighted by Crippen LogP contribution is -2.59. The molecule has 3 saturated heterocycles. The van der Waals surface area contributed by atoms with Gasteiger partial charge in [0.15, 0.2) is 0 Å². The first-order valence-electron chi connectivity index (χ1n) is 14.0. The van der Waals surface area contributed by atoms with Crippen LogP contribution in [0.5, 0.6) is 0 Å². The molecule has 0 aromatic rings. The summed E-state index contributed by atoms with van der Waals surface area (Å²) in [6.07, 6.45) is 14.0. The van der Waals surface area contributed by atoms with Gasteiger partial charge in [-0.05, 0) is 120 Å². The van der Waals surface area contributed by atoms with E-state index in [4.69, 9.17) is 0 Å². The van der Waals surface area contributed by atoms with Crippen molar-refractivity contribution in [3.63, 3.8) is 0 Å². The zero-order chi connectivity index (χ0) is 23.0. The second kappa shape index (κ2) is 9.97. The van der Waals surface area contributed by atoms with Crippen LogP contribution in [0.2, 0.25) is 0 Å². The molecule has 7 atom stereocenters. The Morgan fingerprint density at radius 2 is 1.82 bits per heavy atom. The van der Waals surface area contributed by atoms with Crippen molar-refractivity contribution in [1.29, 1.82) is 5.26 Å². The number of piperidine rings is 2. The van der Waals surface area contributed by atoms with Crippen LogP contribution in [0.4, 0.5) is 0 Å². The molecule has 5 aliphatic rings. The van der Waals surface area contributed by atoms with Crippen molar-refractivity contribution in [1.82, 2.24) is 21.1 Å². The van der Waals surface area contributed by atoms with Gasteiger partial charge >= 0.3 is 0 Å². The van der Waals surface area contributed by atoms with E-state index < -0.39 is 0 Å². The molecule has 2 aliphatic carbocycles. The smallest absolute Gasteiger partial charge is 0.0686 e. The number of rotatable bonds is 5. The standard InChI is InChI=1S/C28H47N5/c1-4-14-33-25-17-31-24-12-9-20(21-6-5-13-30-16-21)15-23(24)26(25)27(32-33)19-7-10-22(11-8-19)28(2,3)18-29/h4,19-27,30-32H,1,5-17H2,2-3H3. The maximum absolute atomic E-state index is 9.64.